The van der Waals surface area contributed by atoms with Crippen LogP contribution < -0.4 is 10.1 Å². The van der Waals surface area contributed by atoms with Gasteiger partial charge in [0.15, 0.2) is 0 Å². The Morgan fingerprint density at radius 2 is 1.86 bits per heavy atom. The van der Waals surface area contributed by atoms with Crippen molar-refractivity contribution in [2.75, 3.05) is 13.2 Å². The number of benzene rings is 1. The van der Waals surface area contributed by atoms with E-state index in [1.54, 1.807) is 0 Å². The fourth-order valence-corrected chi connectivity index (χ4v) is 2.16. The number of ketones is 1. The maximum absolute atomic E-state index is 11.9. The molecule has 0 saturated carbocycles. The third kappa shape index (κ3) is 6.76. The van der Waals surface area contributed by atoms with E-state index in [1.807, 2.05) is 26.0 Å². The molecule has 0 saturated heterocycles. The summed E-state index contributed by atoms with van der Waals surface area (Å²) in [6.07, 6.45) is 2.39. The van der Waals surface area contributed by atoms with E-state index in [2.05, 4.69) is 31.3 Å². The van der Waals surface area contributed by atoms with E-state index in [0.717, 1.165) is 31.7 Å². The first-order valence-corrected chi connectivity index (χ1v) is 8.04. The van der Waals surface area contributed by atoms with Gasteiger partial charge in [-0.3, -0.25) is 4.79 Å². The van der Waals surface area contributed by atoms with Gasteiger partial charge in [-0.05, 0) is 43.0 Å². The Bertz CT molecular complexity index is 412. The number of Topliss-reactive ketones (excluding diaryl/α,β-unsaturated/α-hetero) is 1. The summed E-state index contributed by atoms with van der Waals surface area (Å²) < 4.78 is 5.71. The van der Waals surface area contributed by atoms with Gasteiger partial charge in [0.25, 0.3) is 0 Å². The van der Waals surface area contributed by atoms with Crippen molar-refractivity contribution in [1.82, 2.24) is 5.32 Å². The summed E-state index contributed by atoms with van der Waals surface area (Å²) in [5.74, 6) is 1.83. The van der Waals surface area contributed by atoms with Crippen molar-refractivity contribution in [2.45, 2.75) is 53.0 Å². The predicted octanol–water partition coefficient (Wildman–Crippen LogP) is 3.61. The summed E-state index contributed by atoms with van der Waals surface area (Å²) in [4.78, 5) is 11.9. The van der Waals surface area contributed by atoms with Crippen molar-refractivity contribution >= 4 is 5.78 Å². The van der Waals surface area contributed by atoms with Gasteiger partial charge in [0.2, 0.25) is 0 Å². The monoisotopic (exact) mass is 291 g/mol. The Kier molecular flexibility index (Phi) is 8.06. The maximum Gasteiger partial charge on any atom is 0.149 e. The highest BCUT2D eigenvalue weighted by molar-refractivity contribution is 5.84. The van der Waals surface area contributed by atoms with Crippen LogP contribution in [0.25, 0.3) is 0 Å². The van der Waals surface area contributed by atoms with Crippen LogP contribution in [0.15, 0.2) is 24.3 Å². The van der Waals surface area contributed by atoms with Crippen molar-refractivity contribution < 1.29 is 9.53 Å². The van der Waals surface area contributed by atoms with Crippen molar-refractivity contribution in [2.24, 2.45) is 5.92 Å². The Morgan fingerprint density at radius 1 is 1.19 bits per heavy atom. The molecule has 0 aromatic heterocycles. The minimum absolute atomic E-state index is 0.0762. The average Bonchev–Trinajstić information content (AvgIpc) is 2.47. The Labute approximate surface area is 129 Å². The first kappa shape index (κ1) is 17.7. The van der Waals surface area contributed by atoms with Crippen molar-refractivity contribution in [3.05, 3.63) is 29.8 Å². The van der Waals surface area contributed by atoms with Crippen molar-refractivity contribution in [3.8, 4) is 5.75 Å². The molecule has 21 heavy (non-hydrogen) atoms. The highest BCUT2D eigenvalue weighted by Crippen LogP contribution is 2.15. The average molecular weight is 291 g/mol. The van der Waals surface area contributed by atoms with Crippen LogP contribution >= 0.6 is 0 Å². The van der Waals surface area contributed by atoms with Crippen LogP contribution in [0.4, 0.5) is 0 Å². The zero-order valence-electron chi connectivity index (χ0n) is 13.8. The SMILES string of the molecule is CCN[C@@H](Cc1ccc(OCCC(C)C)cc1)C(=O)CC. The fraction of sp³-hybridized carbons (Fsp3) is 0.611. The largest absolute Gasteiger partial charge is 0.494 e. The van der Waals surface area contributed by atoms with Crippen molar-refractivity contribution in [3.63, 3.8) is 0 Å². The summed E-state index contributed by atoms with van der Waals surface area (Å²) >= 11 is 0. The minimum atomic E-state index is -0.0762. The second-order valence-electron chi connectivity index (χ2n) is 5.81. The molecule has 0 amide bonds. The molecule has 0 aliphatic carbocycles. The van der Waals surface area contributed by atoms with E-state index in [4.69, 9.17) is 4.74 Å². The minimum Gasteiger partial charge on any atom is -0.494 e. The van der Waals surface area contributed by atoms with Gasteiger partial charge in [0.1, 0.15) is 11.5 Å². The van der Waals surface area contributed by atoms with Crippen LogP contribution in [0, 0.1) is 5.92 Å². The second-order valence-corrected chi connectivity index (χ2v) is 5.81. The molecule has 0 spiro atoms. The first-order valence-electron chi connectivity index (χ1n) is 8.04. The zero-order chi connectivity index (χ0) is 15.7. The standard InChI is InChI=1S/C18H29NO2/c1-5-18(20)17(19-6-2)13-15-7-9-16(10-8-15)21-12-11-14(3)4/h7-10,14,17,19H,5-6,11-13H2,1-4H3/t17-/m0/s1. The molecule has 1 atom stereocenters. The lowest BCUT2D eigenvalue weighted by Gasteiger charge is -2.16. The summed E-state index contributed by atoms with van der Waals surface area (Å²) in [6, 6.07) is 8.02. The molecule has 1 aromatic carbocycles. The van der Waals surface area contributed by atoms with Crippen LogP contribution in [-0.4, -0.2) is 25.0 Å². The molecule has 1 N–H and O–H groups in total. The molecule has 3 nitrogen and oxygen atoms in total. The lowest BCUT2D eigenvalue weighted by atomic mass is 10.0. The molecule has 118 valence electrons. The Balaban J connectivity index is 2.54. The third-order valence-electron chi connectivity index (χ3n) is 3.51. The number of carbonyl (C=O) groups excluding carboxylic acids is 1. The molecule has 0 unspecified atom stereocenters. The zero-order valence-corrected chi connectivity index (χ0v) is 13.8. The van der Waals surface area contributed by atoms with Gasteiger partial charge in [0.05, 0.1) is 12.6 Å². The quantitative estimate of drug-likeness (QED) is 0.715. The molecular formula is C18H29NO2. The number of nitrogens with one attached hydrogen (secondary N) is 1. The number of ether oxygens (including phenoxy) is 1. The molecule has 0 bridgehead atoms. The Morgan fingerprint density at radius 3 is 2.38 bits per heavy atom. The molecule has 0 aliphatic rings. The number of carbonyl (C=O) groups is 1. The molecule has 0 fully saturated rings. The maximum atomic E-state index is 11.9. The highest BCUT2D eigenvalue weighted by atomic mass is 16.5. The van der Waals surface area contributed by atoms with E-state index >= 15 is 0 Å². The van der Waals surface area contributed by atoms with Gasteiger partial charge < -0.3 is 10.1 Å². The molecule has 0 radical (unpaired) electrons. The smallest absolute Gasteiger partial charge is 0.149 e. The van der Waals surface area contributed by atoms with Crippen molar-refractivity contribution in [1.29, 1.82) is 0 Å². The molecule has 0 aliphatic heterocycles. The van der Waals surface area contributed by atoms with Gasteiger partial charge >= 0.3 is 0 Å². The fourth-order valence-electron chi connectivity index (χ4n) is 2.16. The summed E-state index contributed by atoms with van der Waals surface area (Å²) in [5.41, 5.74) is 1.17. The lowest BCUT2D eigenvalue weighted by molar-refractivity contribution is -0.120. The normalized spacial score (nSPS) is 12.4. The van der Waals surface area contributed by atoms with E-state index < -0.39 is 0 Å². The van der Waals surface area contributed by atoms with E-state index in [9.17, 15) is 4.79 Å². The van der Waals surface area contributed by atoms with Gasteiger partial charge in [-0.25, -0.2) is 0 Å². The van der Waals surface area contributed by atoms with Crippen LogP contribution in [0.2, 0.25) is 0 Å². The van der Waals surface area contributed by atoms with Crippen LogP contribution in [0.3, 0.4) is 0 Å². The van der Waals surface area contributed by atoms with Crippen LogP contribution in [-0.2, 0) is 11.2 Å². The third-order valence-corrected chi connectivity index (χ3v) is 3.51. The number of rotatable bonds is 10. The number of hydrogen-bond acceptors (Lipinski definition) is 3. The van der Waals surface area contributed by atoms with E-state index in [0.29, 0.717) is 12.3 Å². The Hall–Kier alpha value is -1.35. The number of hydrogen-bond donors (Lipinski definition) is 1. The first-order chi connectivity index (χ1) is 10.1. The van der Waals surface area contributed by atoms with Gasteiger partial charge in [-0.15, -0.1) is 0 Å². The van der Waals surface area contributed by atoms with Crippen LogP contribution in [0.5, 0.6) is 5.75 Å². The van der Waals surface area contributed by atoms with Gasteiger partial charge in [0, 0.05) is 6.42 Å². The summed E-state index contributed by atoms with van der Waals surface area (Å²) in [6.45, 7) is 9.90. The number of likely N-dealkylation sites (N-methyl/N-ethyl adjacent to an activating group) is 1. The lowest BCUT2D eigenvalue weighted by Crippen LogP contribution is -2.38. The topological polar surface area (TPSA) is 38.3 Å². The molecule has 1 aromatic rings. The summed E-state index contributed by atoms with van der Waals surface area (Å²) in [7, 11) is 0. The highest BCUT2D eigenvalue weighted by Gasteiger charge is 2.15. The predicted molar refractivity (Wildman–Crippen MR) is 87.9 cm³/mol. The van der Waals surface area contributed by atoms with E-state index in [-0.39, 0.29) is 11.8 Å². The van der Waals surface area contributed by atoms with Gasteiger partial charge in [-0.1, -0.05) is 39.8 Å². The molecule has 3 heteroatoms. The second kappa shape index (κ2) is 9.56. The van der Waals surface area contributed by atoms with Crippen LogP contribution in [0.1, 0.15) is 46.1 Å². The van der Waals surface area contributed by atoms with E-state index in [1.165, 1.54) is 5.56 Å². The molecule has 1 rings (SSSR count). The molecule has 0 heterocycles. The molecular weight excluding hydrogens is 262 g/mol. The van der Waals surface area contributed by atoms with Gasteiger partial charge in [-0.2, -0.15) is 0 Å². The summed E-state index contributed by atoms with van der Waals surface area (Å²) in [5, 5.41) is 3.26.